The second-order valence-electron chi connectivity index (χ2n) is 5.51. The molecule has 0 saturated heterocycles. The molecule has 0 unspecified atom stereocenters. The molecule has 0 amide bonds. The summed E-state index contributed by atoms with van der Waals surface area (Å²) in [6.45, 7) is 1.78. The van der Waals surface area contributed by atoms with Gasteiger partial charge in [0, 0.05) is 22.8 Å². The van der Waals surface area contributed by atoms with Gasteiger partial charge in [0.15, 0.2) is 9.84 Å². The van der Waals surface area contributed by atoms with Crippen LogP contribution in [0.4, 0.5) is 10.2 Å². The first-order chi connectivity index (χ1) is 10.8. The maximum Gasteiger partial charge on any atom is 0.176 e. The molecule has 3 aromatic rings. The van der Waals surface area contributed by atoms with Gasteiger partial charge in [-0.2, -0.15) is 0 Å². The van der Waals surface area contributed by atoms with Gasteiger partial charge < -0.3 is 5.73 Å². The summed E-state index contributed by atoms with van der Waals surface area (Å²) < 4.78 is 38.0. The molecular weight excluding hydrogens is 315 g/mol. The number of halogens is 1. The number of hydrogen-bond donors (Lipinski definition) is 1. The molecule has 6 heteroatoms. The third kappa shape index (κ3) is 2.77. The molecule has 0 aliphatic carbocycles. The van der Waals surface area contributed by atoms with Crippen LogP contribution in [0.3, 0.4) is 0 Å². The molecule has 0 spiro atoms. The van der Waals surface area contributed by atoms with Gasteiger partial charge in [0.05, 0.1) is 4.90 Å². The highest BCUT2D eigenvalue weighted by Gasteiger charge is 2.17. The molecule has 2 aromatic carbocycles. The summed E-state index contributed by atoms with van der Waals surface area (Å²) in [6.07, 6.45) is 1.14. The van der Waals surface area contributed by atoms with Crippen molar-refractivity contribution in [2.75, 3.05) is 12.0 Å². The normalized spacial score (nSPS) is 11.8. The summed E-state index contributed by atoms with van der Waals surface area (Å²) in [6, 6.07) is 11.4. The van der Waals surface area contributed by atoms with Gasteiger partial charge in [-0.3, -0.25) is 0 Å². The van der Waals surface area contributed by atoms with Crippen molar-refractivity contribution in [1.82, 2.24) is 4.98 Å². The molecule has 0 atom stereocenters. The zero-order valence-corrected chi connectivity index (χ0v) is 13.5. The smallest absolute Gasteiger partial charge is 0.176 e. The molecule has 1 aromatic heterocycles. The molecule has 2 N–H and O–H groups in total. The van der Waals surface area contributed by atoms with Crippen LogP contribution in [-0.4, -0.2) is 19.7 Å². The van der Waals surface area contributed by atoms with Crippen molar-refractivity contribution in [3.63, 3.8) is 0 Å². The van der Waals surface area contributed by atoms with Crippen LogP contribution in [-0.2, 0) is 9.84 Å². The highest BCUT2D eigenvalue weighted by atomic mass is 32.2. The fourth-order valence-corrected chi connectivity index (χ4v) is 3.53. The monoisotopic (exact) mass is 330 g/mol. The van der Waals surface area contributed by atoms with E-state index in [0.29, 0.717) is 16.5 Å². The number of pyridine rings is 1. The summed E-state index contributed by atoms with van der Waals surface area (Å²) >= 11 is 0. The number of rotatable bonds is 2. The zero-order chi connectivity index (χ0) is 16.8. The molecular formula is C17H15FN2O2S. The average Bonchev–Trinajstić information content (AvgIpc) is 2.46. The van der Waals surface area contributed by atoms with Gasteiger partial charge in [0.1, 0.15) is 17.2 Å². The number of nitrogen functional groups attached to an aromatic ring is 1. The SMILES string of the molecule is Cc1cc(F)c2nc(N)c(-c3ccccc3S(C)(=O)=O)cc2c1. The molecule has 0 aliphatic rings. The third-order valence-electron chi connectivity index (χ3n) is 3.62. The largest absolute Gasteiger partial charge is 0.383 e. The fraction of sp³-hybridized carbons (Fsp3) is 0.118. The lowest BCUT2D eigenvalue weighted by Crippen LogP contribution is -2.03. The number of fused-ring (bicyclic) bond motifs is 1. The van der Waals surface area contributed by atoms with E-state index >= 15 is 0 Å². The van der Waals surface area contributed by atoms with E-state index < -0.39 is 15.7 Å². The highest BCUT2D eigenvalue weighted by molar-refractivity contribution is 7.90. The number of hydrogen-bond acceptors (Lipinski definition) is 4. The summed E-state index contributed by atoms with van der Waals surface area (Å²) in [5.41, 5.74) is 7.83. The molecule has 0 bridgehead atoms. The van der Waals surface area contributed by atoms with Crippen LogP contribution < -0.4 is 5.73 Å². The number of nitrogens with two attached hydrogens (primary N) is 1. The standard InChI is InChI=1S/C17H15FN2O2S/c1-10-7-11-9-13(17(19)20-16(11)14(18)8-10)12-5-3-4-6-15(12)23(2,21)22/h3-9H,1-2H3,(H2,19,20). The predicted molar refractivity (Wildman–Crippen MR) is 89.4 cm³/mol. The summed E-state index contributed by atoms with van der Waals surface area (Å²) in [4.78, 5) is 4.29. The van der Waals surface area contributed by atoms with Gasteiger partial charge in [-0.1, -0.05) is 18.2 Å². The number of sulfone groups is 1. The van der Waals surface area contributed by atoms with E-state index in [0.717, 1.165) is 11.8 Å². The van der Waals surface area contributed by atoms with E-state index in [9.17, 15) is 12.8 Å². The van der Waals surface area contributed by atoms with Crippen LogP contribution in [0.25, 0.3) is 22.0 Å². The Kier molecular flexibility index (Phi) is 3.56. The van der Waals surface area contributed by atoms with E-state index in [1.807, 2.05) is 0 Å². The number of aryl methyl sites for hydroxylation is 1. The van der Waals surface area contributed by atoms with Crippen LogP contribution in [0.2, 0.25) is 0 Å². The maximum atomic E-state index is 14.0. The molecule has 0 saturated carbocycles. The lowest BCUT2D eigenvalue weighted by molar-refractivity contribution is 0.602. The van der Waals surface area contributed by atoms with Crippen LogP contribution in [0, 0.1) is 12.7 Å². The van der Waals surface area contributed by atoms with Gasteiger partial charge in [0.25, 0.3) is 0 Å². The highest BCUT2D eigenvalue weighted by Crippen LogP contribution is 2.33. The van der Waals surface area contributed by atoms with Crippen molar-refractivity contribution in [3.8, 4) is 11.1 Å². The first-order valence-corrected chi connectivity index (χ1v) is 8.82. The third-order valence-corrected chi connectivity index (χ3v) is 4.78. The number of aromatic nitrogens is 1. The molecule has 4 nitrogen and oxygen atoms in total. The van der Waals surface area contributed by atoms with Crippen molar-refractivity contribution < 1.29 is 12.8 Å². The molecule has 0 radical (unpaired) electrons. The minimum absolute atomic E-state index is 0.0938. The Morgan fingerprint density at radius 2 is 1.78 bits per heavy atom. The Morgan fingerprint density at radius 1 is 1.09 bits per heavy atom. The Balaban J connectivity index is 2.36. The van der Waals surface area contributed by atoms with E-state index in [1.54, 1.807) is 37.3 Å². The average molecular weight is 330 g/mol. The first-order valence-electron chi connectivity index (χ1n) is 6.93. The summed E-state index contributed by atoms with van der Waals surface area (Å²) in [7, 11) is -3.43. The number of nitrogens with zero attached hydrogens (tertiary/aromatic N) is 1. The Hall–Kier alpha value is -2.47. The second-order valence-corrected chi connectivity index (χ2v) is 7.49. The van der Waals surface area contributed by atoms with Crippen molar-refractivity contribution in [3.05, 3.63) is 53.8 Å². The Bertz CT molecular complexity index is 1030. The van der Waals surface area contributed by atoms with Crippen molar-refractivity contribution in [2.45, 2.75) is 11.8 Å². The van der Waals surface area contributed by atoms with Crippen LogP contribution in [0.1, 0.15) is 5.56 Å². The second kappa shape index (κ2) is 5.31. The van der Waals surface area contributed by atoms with E-state index in [4.69, 9.17) is 5.73 Å². The van der Waals surface area contributed by atoms with Gasteiger partial charge in [-0.15, -0.1) is 0 Å². The Morgan fingerprint density at radius 3 is 2.48 bits per heavy atom. The lowest BCUT2D eigenvalue weighted by atomic mass is 10.0. The molecule has 3 rings (SSSR count). The van der Waals surface area contributed by atoms with E-state index in [1.165, 1.54) is 12.1 Å². The van der Waals surface area contributed by atoms with E-state index in [2.05, 4.69) is 4.98 Å². The fourth-order valence-electron chi connectivity index (χ4n) is 2.63. The number of benzene rings is 2. The van der Waals surface area contributed by atoms with Gasteiger partial charge in [-0.05, 0) is 36.8 Å². The summed E-state index contributed by atoms with van der Waals surface area (Å²) in [5.74, 6) is -0.356. The van der Waals surface area contributed by atoms with Crippen LogP contribution in [0.15, 0.2) is 47.4 Å². The summed E-state index contributed by atoms with van der Waals surface area (Å²) in [5, 5.41) is 0.579. The predicted octanol–water partition coefficient (Wildman–Crippen LogP) is 3.34. The topological polar surface area (TPSA) is 73.0 Å². The zero-order valence-electron chi connectivity index (χ0n) is 12.7. The molecule has 1 heterocycles. The van der Waals surface area contributed by atoms with Crippen molar-refractivity contribution >= 4 is 26.6 Å². The maximum absolute atomic E-state index is 14.0. The molecule has 0 fully saturated rings. The van der Waals surface area contributed by atoms with Gasteiger partial charge >= 0.3 is 0 Å². The first kappa shape index (κ1) is 15.4. The minimum Gasteiger partial charge on any atom is -0.383 e. The van der Waals surface area contributed by atoms with Gasteiger partial charge in [-0.25, -0.2) is 17.8 Å². The molecule has 0 aliphatic heterocycles. The van der Waals surface area contributed by atoms with E-state index in [-0.39, 0.29) is 16.2 Å². The van der Waals surface area contributed by atoms with Crippen LogP contribution in [0.5, 0.6) is 0 Å². The van der Waals surface area contributed by atoms with Crippen LogP contribution >= 0.6 is 0 Å². The van der Waals surface area contributed by atoms with Gasteiger partial charge in [0.2, 0.25) is 0 Å². The lowest BCUT2D eigenvalue weighted by Gasteiger charge is -2.12. The Labute approximate surface area is 133 Å². The number of anilines is 1. The minimum atomic E-state index is -3.43. The van der Waals surface area contributed by atoms with Crippen molar-refractivity contribution in [2.24, 2.45) is 0 Å². The quantitative estimate of drug-likeness (QED) is 0.782. The molecule has 118 valence electrons. The van der Waals surface area contributed by atoms with Crippen molar-refractivity contribution in [1.29, 1.82) is 0 Å². The molecule has 23 heavy (non-hydrogen) atoms.